The minimum absolute atomic E-state index is 0.990. The van der Waals surface area contributed by atoms with Gasteiger partial charge in [0.1, 0.15) is 0 Å². The van der Waals surface area contributed by atoms with Gasteiger partial charge in [0.25, 0.3) is 0 Å². The second-order valence-corrected chi connectivity index (χ2v) is 4.09. The predicted octanol–water partition coefficient (Wildman–Crippen LogP) is 2.39. The zero-order chi connectivity index (χ0) is 9.38. The van der Waals surface area contributed by atoms with E-state index in [1.54, 1.807) is 11.1 Å². The molecule has 3 rings (SSSR count). The number of hydrogen-bond acceptors (Lipinski definition) is 0. The Hall–Kier alpha value is -1.08. The minimum atomic E-state index is 0.990. The van der Waals surface area contributed by atoms with E-state index in [2.05, 4.69) is 29.6 Å². The normalized spacial score (nSPS) is 20.3. The molecule has 1 heterocycles. The second-order valence-electron chi connectivity index (χ2n) is 4.09. The first-order chi connectivity index (χ1) is 6.95. The van der Waals surface area contributed by atoms with Crippen LogP contribution < -0.4 is 5.32 Å². The third-order valence-electron chi connectivity index (χ3n) is 3.29. The predicted molar refractivity (Wildman–Crippen MR) is 58.2 cm³/mol. The SMILES string of the molecule is c1ccc2c(c1)CCC1=C2CC[N]C1. The zero-order valence-electron chi connectivity index (χ0n) is 8.29. The molecule has 1 aromatic carbocycles. The van der Waals surface area contributed by atoms with Crippen LogP contribution in [0.4, 0.5) is 0 Å². The van der Waals surface area contributed by atoms with Crippen LogP contribution in [0.25, 0.3) is 5.57 Å². The Balaban J connectivity index is 2.13. The number of hydrogen-bond donors (Lipinski definition) is 0. The van der Waals surface area contributed by atoms with Gasteiger partial charge in [0, 0.05) is 13.1 Å². The van der Waals surface area contributed by atoms with Gasteiger partial charge in [-0.25, -0.2) is 5.32 Å². The molecular formula is C13H14N. The van der Waals surface area contributed by atoms with Crippen LogP contribution in [0.5, 0.6) is 0 Å². The van der Waals surface area contributed by atoms with Crippen molar-refractivity contribution in [3.8, 4) is 0 Å². The first-order valence-corrected chi connectivity index (χ1v) is 5.37. The maximum atomic E-state index is 4.48. The molecule has 1 nitrogen and oxygen atoms in total. The summed E-state index contributed by atoms with van der Waals surface area (Å²) in [4.78, 5) is 0. The van der Waals surface area contributed by atoms with Crippen LogP contribution in [0.15, 0.2) is 29.8 Å². The van der Waals surface area contributed by atoms with Gasteiger partial charge in [-0.2, -0.15) is 0 Å². The lowest BCUT2D eigenvalue weighted by atomic mass is 9.83. The number of rotatable bonds is 0. The van der Waals surface area contributed by atoms with Gasteiger partial charge < -0.3 is 0 Å². The van der Waals surface area contributed by atoms with E-state index in [1.807, 2.05) is 0 Å². The van der Waals surface area contributed by atoms with E-state index in [0.29, 0.717) is 0 Å². The molecule has 0 unspecified atom stereocenters. The van der Waals surface area contributed by atoms with E-state index < -0.39 is 0 Å². The molecule has 1 aromatic rings. The van der Waals surface area contributed by atoms with Gasteiger partial charge in [0.15, 0.2) is 0 Å². The summed E-state index contributed by atoms with van der Waals surface area (Å²) in [5.74, 6) is 0. The first-order valence-electron chi connectivity index (χ1n) is 5.37. The number of nitrogens with zero attached hydrogens (tertiary/aromatic N) is 1. The summed E-state index contributed by atoms with van der Waals surface area (Å²) in [6.07, 6.45) is 3.60. The topological polar surface area (TPSA) is 14.1 Å². The highest BCUT2D eigenvalue weighted by Crippen LogP contribution is 2.34. The van der Waals surface area contributed by atoms with E-state index >= 15 is 0 Å². The number of benzene rings is 1. The van der Waals surface area contributed by atoms with Gasteiger partial charge in [-0.1, -0.05) is 29.8 Å². The fourth-order valence-corrected chi connectivity index (χ4v) is 2.55. The Kier molecular flexibility index (Phi) is 1.91. The number of fused-ring (bicyclic) bond motifs is 2. The van der Waals surface area contributed by atoms with Crippen LogP contribution in [-0.2, 0) is 6.42 Å². The molecule has 1 aliphatic heterocycles. The highest BCUT2D eigenvalue weighted by Gasteiger charge is 2.20. The van der Waals surface area contributed by atoms with Crippen molar-refractivity contribution in [2.75, 3.05) is 13.1 Å². The van der Waals surface area contributed by atoms with Crippen LogP contribution in [0, 0.1) is 0 Å². The van der Waals surface area contributed by atoms with Crippen molar-refractivity contribution < 1.29 is 0 Å². The molecule has 0 bridgehead atoms. The molecule has 1 heteroatoms. The lowest BCUT2D eigenvalue weighted by Gasteiger charge is -2.26. The fourth-order valence-electron chi connectivity index (χ4n) is 2.55. The molecule has 1 radical (unpaired) electrons. The molecule has 0 saturated heterocycles. The molecule has 0 amide bonds. The fraction of sp³-hybridized carbons (Fsp3) is 0.385. The van der Waals surface area contributed by atoms with Crippen LogP contribution in [-0.4, -0.2) is 13.1 Å². The van der Waals surface area contributed by atoms with Crippen molar-refractivity contribution in [1.82, 2.24) is 5.32 Å². The highest BCUT2D eigenvalue weighted by atomic mass is 14.9. The van der Waals surface area contributed by atoms with Gasteiger partial charge in [0.2, 0.25) is 0 Å². The second kappa shape index (κ2) is 3.25. The van der Waals surface area contributed by atoms with Crippen molar-refractivity contribution in [3.05, 3.63) is 41.0 Å². The standard InChI is InChI=1S/C13H14N/c1-2-4-12-10(3-1)5-6-11-9-14-8-7-13(11)12/h1-4H,5-9H2. The molecule has 0 spiro atoms. The number of aryl methyl sites for hydroxylation is 1. The van der Waals surface area contributed by atoms with Crippen LogP contribution in [0.3, 0.4) is 0 Å². The zero-order valence-corrected chi connectivity index (χ0v) is 8.29. The molecule has 0 saturated carbocycles. The van der Waals surface area contributed by atoms with E-state index in [0.717, 1.165) is 19.5 Å². The monoisotopic (exact) mass is 184 g/mol. The molecule has 0 N–H and O–H groups in total. The van der Waals surface area contributed by atoms with E-state index in [-0.39, 0.29) is 0 Å². The lowest BCUT2D eigenvalue weighted by molar-refractivity contribution is 0.666. The van der Waals surface area contributed by atoms with Crippen LogP contribution >= 0.6 is 0 Å². The first kappa shape index (κ1) is 8.25. The molecule has 0 atom stereocenters. The van der Waals surface area contributed by atoms with E-state index in [1.165, 1.54) is 24.0 Å². The van der Waals surface area contributed by atoms with Gasteiger partial charge in [0.05, 0.1) is 0 Å². The smallest absolute Gasteiger partial charge is 0.0349 e. The molecule has 0 fully saturated rings. The van der Waals surface area contributed by atoms with Crippen LogP contribution in [0.2, 0.25) is 0 Å². The maximum absolute atomic E-state index is 4.48. The van der Waals surface area contributed by atoms with Gasteiger partial charge >= 0.3 is 0 Å². The van der Waals surface area contributed by atoms with E-state index in [9.17, 15) is 0 Å². The van der Waals surface area contributed by atoms with Crippen molar-refractivity contribution >= 4 is 5.57 Å². The van der Waals surface area contributed by atoms with Gasteiger partial charge in [-0.05, 0) is 36.0 Å². The third-order valence-corrected chi connectivity index (χ3v) is 3.29. The summed E-state index contributed by atoms with van der Waals surface area (Å²) < 4.78 is 0. The highest BCUT2D eigenvalue weighted by molar-refractivity contribution is 5.74. The summed E-state index contributed by atoms with van der Waals surface area (Å²) in [5, 5.41) is 4.48. The molecule has 0 aromatic heterocycles. The average molecular weight is 184 g/mol. The summed E-state index contributed by atoms with van der Waals surface area (Å²) in [7, 11) is 0. The lowest BCUT2D eigenvalue weighted by Crippen LogP contribution is -2.21. The Morgan fingerprint density at radius 1 is 1.00 bits per heavy atom. The Morgan fingerprint density at radius 3 is 2.93 bits per heavy atom. The molecular weight excluding hydrogens is 170 g/mol. The Labute approximate surface area is 84.8 Å². The molecule has 14 heavy (non-hydrogen) atoms. The largest absolute Gasteiger partial charge is 0.237 e. The van der Waals surface area contributed by atoms with Gasteiger partial charge in [-0.3, -0.25) is 0 Å². The quantitative estimate of drug-likeness (QED) is 0.588. The van der Waals surface area contributed by atoms with E-state index in [4.69, 9.17) is 0 Å². The summed E-state index contributed by atoms with van der Waals surface area (Å²) in [6.45, 7) is 2.01. The van der Waals surface area contributed by atoms with Gasteiger partial charge in [-0.15, -0.1) is 0 Å². The average Bonchev–Trinajstić information content (AvgIpc) is 2.29. The maximum Gasteiger partial charge on any atom is 0.0349 e. The summed E-state index contributed by atoms with van der Waals surface area (Å²) >= 11 is 0. The van der Waals surface area contributed by atoms with Crippen molar-refractivity contribution in [2.24, 2.45) is 0 Å². The Bertz CT molecular complexity index is 390. The van der Waals surface area contributed by atoms with Crippen molar-refractivity contribution in [2.45, 2.75) is 19.3 Å². The molecule has 1 aliphatic carbocycles. The Morgan fingerprint density at radius 2 is 1.93 bits per heavy atom. The summed E-state index contributed by atoms with van der Waals surface area (Å²) in [5.41, 5.74) is 6.23. The van der Waals surface area contributed by atoms with Crippen LogP contribution in [0.1, 0.15) is 24.0 Å². The third kappa shape index (κ3) is 1.20. The van der Waals surface area contributed by atoms with Crippen molar-refractivity contribution in [3.63, 3.8) is 0 Å². The summed E-state index contributed by atoms with van der Waals surface area (Å²) in [6, 6.07) is 8.85. The minimum Gasteiger partial charge on any atom is -0.237 e. The molecule has 2 aliphatic rings. The van der Waals surface area contributed by atoms with Crippen molar-refractivity contribution in [1.29, 1.82) is 0 Å². The molecule has 71 valence electrons.